The summed E-state index contributed by atoms with van der Waals surface area (Å²) in [4.78, 5) is 12.6. The Hall–Kier alpha value is -1.53. The molecule has 1 aromatic heterocycles. The lowest BCUT2D eigenvalue weighted by Gasteiger charge is -2.24. The molecule has 0 radical (unpaired) electrons. The Balaban J connectivity index is 1.97. The zero-order valence-electron chi connectivity index (χ0n) is 12.4. The van der Waals surface area contributed by atoms with Crippen LogP contribution in [0.3, 0.4) is 0 Å². The number of fused-ring (bicyclic) bond motifs is 1. The van der Waals surface area contributed by atoms with Crippen LogP contribution in [0.4, 0.5) is 0 Å². The van der Waals surface area contributed by atoms with Crippen LogP contribution >= 0.6 is 11.6 Å². The maximum Gasteiger partial charge on any atom is 0.269 e. The molecule has 2 heterocycles. The third-order valence-corrected chi connectivity index (χ3v) is 6.46. The molecule has 1 aliphatic heterocycles. The number of hydrogen-bond acceptors (Lipinski definition) is 3. The molecule has 0 saturated carbocycles. The van der Waals surface area contributed by atoms with Gasteiger partial charge in [0.05, 0.1) is 22.1 Å². The van der Waals surface area contributed by atoms with Crippen LogP contribution < -0.4 is 5.32 Å². The van der Waals surface area contributed by atoms with Crippen molar-refractivity contribution in [2.24, 2.45) is 7.05 Å². The smallest absolute Gasteiger partial charge is 0.269 e. The molecule has 5 nitrogen and oxygen atoms in total. The highest BCUT2D eigenvalue weighted by atomic mass is 35.5. The van der Waals surface area contributed by atoms with Crippen molar-refractivity contribution >= 4 is 38.2 Å². The fourth-order valence-electron chi connectivity index (χ4n) is 3.04. The lowest BCUT2D eigenvalue weighted by molar-refractivity contribution is 0.0907. The van der Waals surface area contributed by atoms with E-state index in [1.165, 1.54) is 0 Å². The zero-order valence-corrected chi connectivity index (χ0v) is 14.0. The van der Waals surface area contributed by atoms with E-state index in [0.29, 0.717) is 17.1 Å². The Kier molecular flexibility index (Phi) is 3.49. The van der Waals surface area contributed by atoms with Crippen LogP contribution in [-0.4, -0.2) is 35.9 Å². The average molecular weight is 341 g/mol. The zero-order chi connectivity index (χ0) is 16.1. The first-order valence-corrected chi connectivity index (χ1v) is 9.18. The second-order valence-electron chi connectivity index (χ2n) is 6.10. The molecular formula is C15H17ClN2O3S. The summed E-state index contributed by atoms with van der Waals surface area (Å²) in [5, 5.41) is 4.04. The molecule has 1 unspecified atom stereocenters. The van der Waals surface area contributed by atoms with E-state index in [1.807, 2.05) is 24.3 Å². The quantitative estimate of drug-likeness (QED) is 0.910. The van der Waals surface area contributed by atoms with Gasteiger partial charge in [-0.2, -0.15) is 0 Å². The Labute approximate surface area is 134 Å². The molecule has 0 bridgehead atoms. The second kappa shape index (κ2) is 4.99. The van der Waals surface area contributed by atoms with E-state index in [0.717, 1.165) is 10.9 Å². The number of hydrogen-bond donors (Lipinski definition) is 1. The number of rotatable bonds is 2. The third kappa shape index (κ3) is 2.50. The van der Waals surface area contributed by atoms with Gasteiger partial charge in [0.15, 0.2) is 9.84 Å². The average Bonchev–Trinajstić information content (AvgIpc) is 2.85. The van der Waals surface area contributed by atoms with Crippen LogP contribution in [0.1, 0.15) is 23.8 Å². The van der Waals surface area contributed by atoms with Crippen molar-refractivity contribution in [1.29, 1.82) is 0 Å². The van der Waals surface area contributed by atoms with Crippen molar-refractivity contribution in [1.82, 2.24) is 9.88 Å². The Bertz CT molecular complexity index is 833. The fourth-order valence-corrected chi connectivity index (χ4v) is 5.51. The van der Waals surface area contributed by atoms with Crippen LogP contribution in [0.25, 0.3) is 10.9 Å². The number of nitrogens with one attached hydrogen (secondary N) is 1. The number of nitrogens with zero attached hydrogens (tertiary/aromatic N) is 1. The van der Waals surface area contributed by atoms with E-state index in [2.05, 4.69) is 5.32 Å². The maximum atomic E-state index is 12.6. The van der Waals surface area contributed by atoms with Crippen LogP contribution in [0.15, 0.2) is 24.3 Å². The SMILES string of the molecule is Cn1c(C(=O)NC2(C)CCS(=O)(=O)C2)c(Cl)c2ccccc21. The number of para-hydroxylation sites is 1. The molecule has 1 fully saturated rings. The van der Waals surface area contributed by atoms with E-state index < -0.39 is 15.4 Å². The normalized spacial score (nSPS) is 23.8. The minimum Gasteiger partial charge on any atom is -0.345 e. The Morgan fingerprint density at radius 2 is 2.05 bits per heavy atom. The van der Waals surface area contributed by atoms with Crippen molar-refractivity contribution in [2.45, 2.75) is 18.9 Å². The van der Waals surface area contributed by atoms with E-state index in [4.69, 9.17) is 11.6 Å². The Morgan fingerprint density at radius 3 is 2.64 bits per heavy atom. The molecule has 3 rings (SSSR count). The van der Waals surface area contributed by atoms with Gasteiger partial charge in [-0.15, -0.1) is 0 Å². The molecule has 118 valence electrons. The molecule has 2 aromatic rings. The standard InChI is InChI=1S/C15H17ClN2O3S/c1-15(7-8-22(20,21)9-15)17-14(19)13-12(16)10-5-3-4-6-11(10)18(13)2/h3-6H,7-9H2,1-2H3,(H,17,19). The van der Waals surface area contributed by atoms with Gasteiger partial charge >= 0.3 is 0 Å². The third-order valence-electron chi connectivity index (χ3n) is 4.18. The van der Waals surface area contributed by atoms with Crippen LogP contribution in [0.5, 0.6) is 0 Å². The van der Waals surface area contributed by atoms with Crippen LogP contribution in [0.2, 0.25) is 5.02 Å². The minimum atomic E-state index is -3.08. The summed E-state index contributed by atoms with van der Waals surface area (Å²) in [7, 11) is -1.31. The molecule has 1 aromatic carbocycles. The highest BCUT2D eigenvalue weighted by molar-refractivity contribution is 7.91. The Morgan fingerprint density at radius 1 is 1.36 bits per heavy atom. The lowest BCUT2D eigenvalue weighted by Crippen LogP contribution is -2.47. The number of carbonyl (C=O) groups excluding carboxylic acids is 1. The minimum absolute atomic E-state index is 0.0344. The molecular weight excluding hydrogens is 324 g/mol. The van der Waals surface area contributed by atoms with Gasteiger partial charge in [0.1, 0.15) is 5.69 Å². The van der Waals surface area contributed by atoms with Gasteiger partial charge in [0, 0.05) is 18.0 Å². The van der Waals surface area contributed by atoms with Crippen LogP contribution in [-0.2, 0) is 16.9 Å². The molecule has 0 aliphatic carbocycles. The lowest BCUT2D eigenvalue weighted by atomic mass is 10.0. The number of aryl methyl sites for hydroxylation is 1. The van der Waals surface area contributed by atoms with Gasteiger partial charge in [-0.1, -0.05) is 29.8 Å². The van der Waals surface area contributed by atoms with E-state index in [9.17, 15) is 13.2 Å². The van der Waals surface area contributed by atoms with Crippen molar-refractivity contribution in [3.63, 3.8) is 0 Å². The summed E-state index contributed by atoms with van der Waals surface area (Å²) in [6, 6.07) is 7.49. The topological polar surface area (TPSA) is 68.2 Å². The number of sulfone groups is 1. The van der Waals surface area contributed by atoms with E-state index in [1.54, 1.807) is 18.5 Å². The molecule has 1 amide bonds. The number of halogens is 1. The van der Waals surface area contributed by atoms with Crippen molar-refractivity contribution in [2.75, 3.05) is 11.5 Å². The summed E-state index contributed by atoms with van der Waals surface area (Å²) >= 11 is 6.34. The van der Waals surface area contributed by atoms with Gasteiger partial charge < -0.3 is 9.88 Å². The first kappa shape index (κ1) is 15.4. The molecule has 0 spiro atoms. The van der Waals surface area contributed by atoms with Gasteiger partial charge in [-0.05, 0) is 19.4 Å². The molecule has 1 N–H and O–H groups in total. The van der Waals surface area contributed by atoms with Gasteiger partial charge in [0.2, 0.25) is 0 Å². The van der Waals surface area contributed by atoms with Gasteiger partial charge in [-0.25, -0.2) is 8.42 Å². The number of amides is 1. The fraction of sp³-hybridized carbons (Fsp3) is 0.400. The summed E-state index contributed by atoms with van der Waals surface area (Å²) in [5.41, 5.74) is 0.477. The summed E-state index contributed by atoms with van der Waals surface area (Å²) < 4.78 is 25.0. The summed E-state index contributed by atoms with van der Waals surface area (Å²) in [6.45, 7) is 1.76. The number of carbonyl (C=O) groups is 1. The first-order chi connectivity index (χ1) is 10.2. The number of benzene rings is 1. The number of aromatic nitrogens is 1. The summed E-state index contributed by atoms with van der Waals surface area (Å²) in [6.07, 6.45) is 0.419. The predicted molar refractivity (Wildman–Crippen MR) is 87.1 cm³/mol. The van der Waals surface area contributed by atoms with Gasteiger partial charge in [-0.3, -0.25) is 4.79 Å². The highest BCUT2D eigenvalue weighted by Gasteiger charge is 2.40. The van der Waals surface area contributed by atoms with Gasteiger partial charge in [0.25, 0.3) is 5.91 Å². The van der Waals surface area contributed by atoms with E-state index >= 15 is 0 Å². The molecule has 1 saturated heterocycles. The molecule has 22 heavy (non-hydrogen) atoms. The van der Waals surface area contributed by atoms with Crippen LogP contribution in [0, 0.1) is 0 Å². The molecule has 1 atom stereocenters. The predicted octanol–water partition coefficient (Wildman–Crippen LogP) is 2.14. The monoisotopic (exact) mass is 340 g/mol. The van der Waals surface area contributed by atoms with E-state index in [-0.39, 0.29) is 17.4 Å². The van der Waals surface area contributed by atoms with Crippen molar-refractivity contribution in [3.05, 3.63) is 35.0 Å². The molecule has 7 heteroatoms. The first-order valence-electron chi connectivity index (χ1n) is 6.98. The summed E-state index contributed by atoms with van der Waals surface area (Å²) in [5.74, 6) is -0.275. The molecule has 1 aliphatic rings. The van der Waals surface area contributed by atoms with Crippen molar-refractivity contribution < 1.29 is 13.2 Å². The van der Waals surface area contributed by atoms with Crippen molar-refractivity contribution in [3.8, 4) is 0 Å². The second-order valence-corrected chi connectivity index (χ2v) is 8.66. The largest absolute Gasteiger partial charge is 0.345 e. The highest BCUT2D eigenvalue weighted by Crippen LogP contribution is 2.31. The maximum absolute atomic E-state index is 12.6.